The van der Waals surface area contributed by atoms with Gasteiger partial charge in [0.2, 0.25) is 6.41 Å². The first-order chi connectivity index (χ1) is 11.4. The van der Waals surface area contributed by atoms with Gasteiger partial charge in [-0.2, -0.15) is 0 Å². The van der Waals surface area contributed by atoms with Crippen molar-refractivity contribution in [2.75, 3.05) is 24.3 Å². The van der Waals surface area contributed by atoms with Gasteiger partial charge in [-0.05, 0) is 30.3 Å². The quantitative estimate of drug-likeness (QED) is 0.365. The third-order valence-corrected chi connectivity index (χ3v) is 8.22. The zero-order valence-corrected chi connectivity index (χ0v) is 16.0. The predicted molar refractivity (Wildman–Crippen MR) is 99.0 cm³/mol. The molecule has 0 saturated carbocycles. The Balaban J connectivity index is 3.05. The fourth-order valence-corrected chi connectivity index (χ4v) is 4.94. The second-order valence-electron chi connectivity index (χ2n) is 5.63. The summed E-state index contributed by atoms with van der Waals surface area (Å²) in [6.07, 6.45) is 1.17. The van der Waals surface area contributed by atoms with E-state index in [1.54, 1.807) is 14.0 Å². The minimum Gasteiger partial charge on any atom is -0.387 e. The van der Waals surface area contributed by atoms with Crippen LogP contribution in [0, 0.1) is 0 Å². The van der Waals surface area contributed by atoms with Gasteiger partial charge in [-0.3, -0.25) is 14.7 Å². The number of aliphatic hydroxyl groups excluding tert-OH is 1. The van der Waals surface area contributed by atoms with Crippen LogP contribution in [0.4, 0.5) is 0 Å². The molecular weight excluding hydrogens is 330 g/mol. The zero-order valence-electron chi connectivity index (χ0n) is 15.2. The van der Waals surface area contributed by atoms with Crippen molar-refractivity contribution in [1.82, 2.24) is 4.90 Å². The van der Waals surface area contributed by atoms with Crippen molar-refractivity contribution in [3.05, 3.63) is 12.3 Å². The van der Waals surface area contributed by atoms with Crippen molar-refractivity contribution >= 4 is 22.6 Å². The maximum atomic E-state index is 11.5. The Morgan fingerprint density at radius 2 is 1.96 bits per heavy atom. The summed E-state index contributed by atoms with van der Waals surface area (Å²) in [6.45, 7) is 8.06. The molecule has 4 atom stereocenters. The minimum atomic E-state index is -1.32. The number of aliphatic imine (C=N–C) groups is 1. The summed E-state index contributed by atoms with van der Waals surface area (Å²) in [6, 6.07) is 0. The van der Waals surface area contributed by atoms with Gasteiger partial charge in [0.25, 0.3) is 0 Å². The molecule has 0 radical (unpaired) electrons. The first-order valence-corrected chi connectivity index (χ1v) is 10.4. The molecule has 1 heterocycles. The molecule has 7 nitrogen and oxygen atoms in total. The molecule has 0 aliphatic carbocycles. The highest BCUT2D eigenvalue weighted by Gasteiger charge is 2.47. The van der Waals surface area contributed by atoms with Crippen LogP contribution in [-0.4, -0.2) is 71.1 Å². The maximum absolute atomic E-state index is 11.5. The lowest BCUT2D eigenvalue weighted by Gasteiger charge is -2.41. The summed E-state index contributed by atoms with van der Waals surface area (Å²) in [7, 11) is 0.250. The van der Waals surface area contributed by atoms with E-state index in [4.69, 9.17) is 14.7 Å². The van der Waals surface area contributed by atoms with Crippen LogP contribution in [0.25, 0.3) is 0 Å². The van der Waals surface area contributed by atoms with Gasteiger partial charge in [-0.25, -0.2) is 0 Å². The van der Waals surface area contributed by atoms with E-state index < -0.39 is 34.8 Å². The normalized spacial score (nSPS) is 29.2. The number of rotatable bonds is 9. The highest BCUT2D eigenvalue weighted by Crippen LogP contribution is 2.51. The number of ether oxygens (including phenoxy) is 1. The molecule has 1 aliphatic heterocycles. The van der Waals surface area contributed by atoms with Gasteiger partial charge >= 0.3 is 0 Å². The molecule has 3 N–H and O–H groups in total. The van der Waals surface area contributed by atoms with E-state index in [9.17, 15) is 9.90 Å². The van der Waals surface area contributed by atoms with E-state index >= 15 is 0 Å². The number of amides is 1. The zero-order chi connectivity index (χ0) is 18.3. The number of nitrogens with zero attached hydrogens (tertiary/aromatic N) is 2. The molecule has 1 rings (SSSR count). The molecule has 1 fully saturated rings. The lowest BCUT2D eigenvalue weighted by atomic mass is 10.1. The van der Waals surface area contributed by atoms with Crippen molar-refractivity contribution in [2.45, 2.75) is 52.2 Å². The maximum Gasteiger partial charge on any atom is 0.215 e. The molecule has 0 aromatic heterocycles. The smallest absolute Gasteiger partial charge is 0.215 e. The Kier molecular flexibility index (Phi) is 8.21. The number of carbonyl (C=O) groups excluding carboxylic acids is 1. The van der Waals surface area contributed by atoms with Crippen molar-refractivity contribution in [3.8, 4) is 0 Å². The number of hydrogen-bond acceptors (Lipinski definition) is 5. The van der Waals surface area contributed by atoms with Gasteiger partial charge in [-0.1, -0.05) is 20.8 Å². The van der Waals surface area contributed by atoms with Crippen LogP contribution in [0.15, 0.2) is 17.3 Å². The molecule has 1 aliphatic rings. The molecule has 1 saturated heterocycles. The van der Waals surface area contributed by atoms with E-state index in [-0.39, 0.29) is 0 Å². The summed E-state index contributed by atoms with van der Waals surface area (Å²) in [5.41, 5.74) is 5.63. The second-order valence-corrected chi connectivity index (χ2v) is 9.49. The highest BCUT2D eigenvalue weighted by molar-refractivity contribution is 8.29. The van der Waals surface area contributed by atoms with Crippen molar-refractivity contribution in [1.29, 1.82) is 0 Å². The molecule has 24 heavy (non-hydrogen) atoms. The van der Waals surface area contributed by atoms with E-state index in [1.165, 1.54) is 17.2 Å². The summed E-state index contributed by atoms with van der Waals surface area (Å²) >= 11 is 0. The lowest BCUT2D eigenvalue weighted by molar-refractivity contribution is -0.129. The minimum absolute atomic E-state index is 0.293. The lowest BCUT2D eigenvalue weighted by Crippen LogP contribution is -2.44. The van der Waals surface area contributed by atoms with Crippen LogP contribution in [0.5, 0.6) is 0 Å². The summed E-state index contributed by atoms with van der Waals surface area (Å²) in [5.74, 6) is 2.99. The van der Waals surface area contributed by atoms with Crippen molar-refractivity contribution < 1.29 is 18.8 Å². The van der Waals surface area contributed by atoms with E-state index in [1.807, 2.05) is 0 Å². The van der Waals surface area contributed by atoms with Gasteiger partial charge in [0.05, 0.1) is 6.10 Å². The van der Waals surface area contributed by atoms with E-state index in [0.717, 1.165) is 17.3 Å². The van der Waals surface area contributed by atoms with E-state index in [0.29, 0.717) is 12.2 Å². The Bertz CT molecular complexity index is 460. The first-order valence-electron chi connectivity index (χ1n) is 8.29. The molecule has 0 bridgehead atoms. The fraction of sp³-hybridized carbons (Fsp3) is 0.750. The number of nitrogens with two attached hydrogens (primary N) is 1. The first kappa shape index (κ1) is 21.0. The number of aliphatic hydroxyl groups is 1. The third kappa shape index (κ3) is 4.72. The largest absolute Gasteiger partial charge is 0.387 e. The van der Waals surface area contributed by atoms with Crippen LogP contribution in [0.2, 0.25) is 0 Å². The van der Waals surface area contributed by atoms with Crippen LogP contribution < -0.4 is 5.73 Å². The predicted octanol–water partition coefficient (Wildman–Crippen LogP) is 1.22. The van der Waals surface area contributed by atoms with Crippen molar-refractivity contribution in [3.63, 3.8) is 0 Å². The van der Waals surface area contributed by atoms with Gasteiger partial charge in [-0.15, -0.1) is 10.3 Å². The van der Waals surface area contributed by atoms with Gasteiger partial charge in [0.1, 0.15) is 18.0 Å². The standard InChI is InChI=1S/C16H31N3O4S/c1-6-24(7-2,8-3)23-15-14(21)12(4)22-16(15)19(11-20)10-9-13(17)18-5/h9-12,14-16,21H,6-8H2,1-5H3,(H2,17,18)/b10-9-. The molecular formula is C16H31N3O4S. The Morgan fingerprint density at radius 3 is 2.42 bits per heavy atom. The molecule has 4 unspecified atom stereocenters. The number of carbonyl (C=O) groups is 1. The molecule has 8 heteroatoms. The topological polar surface area (TPSA) is 97.4 Å². The van der Waals surface area contributed by atoms with Gasteiger partial charge in [0, 0.05) is 13.2 Å². The second kappa shape index (κ2) is 9.41. The number of amidine groups is 1. The number of hydrogen-bond donors (Lipinski definition) is 2. The molecule has 0 aromatic carbocycles. The van der Waals surface area contributed by atoms with Crippen LogP contribution in [0.3, 0.4) is 0 Å². The van der Waals surface area contributed by atoms with Crippen LogP contribution in [-0.2, 0) is 13.7 Å². The third-order valence-electron chi connectivity index (χ3n) is 4.44. The van der Waals surface area contributed by atoms with Gasteiger partial charge in [0.15, 0.2) is 6.23 Å². The van der Waals surface area contributed by atoms with Crippen LogP contribution >= 0.6 is 10.3 Å². The fourth-order valence-electron chi connectivity index (χ4n) is 2.63. The summed E-state index contributed by atoms with van der Waals surface area (Å²) in [4.78, 5) is 16.7. The average molecular weight is 362 g/mol. The Morgan fingerprint density at radius 1 is 1.38 bits per heavy atom. The molecule has 0 spiro atoms. The summed E-state index contributed by atoms with van der Waals surface area (Å²) < 4.78 is 12.2. The van der Waals surface area contributed by atoms with E-state index in [2.05, 4.69) is 25.8 Å². The molecule has 140 valence electrons. The average Bonchev–Trinajstić information content (AvgIpc) is 2.88. The summed E-state index contributed by atoms with van der Waals surface area (Å²) in [5, 5.41) is 10.5. The molecule has 1 amide bonds. The van der Waals surface area contributed by atoms with Crippen LogP contribution in [0.1, 0.15) is 27.7 Å². The van der Waals surface area contributed by atoms with Crippen molar-refractivity contribution in [2.24, 2.45) is 10.7 Å². The van der Waals surface area contributed by atoms with Gasteiger partial charge < -0.3 is 19.8 Å². The monoisotopic (exact) mass is 361 g/mol. The Hall–Kier alpha value is -1.09. The molecule has 0 aromatic rings. The highest BCUT2D eigenvalue weighted by atomic mass is 32.3. The Labute approximate surface area is 146 Å². The SMILES string of the molecule is CCS(CC)(CC)OC1C(O)C(C)OC1N(C=O)/C=C\C(N)=NC.